The van der Waals surface area contributed by atoms with Crippen LogP contribution in [0.4, 0.5) is 34.5 Å². The second kappa shape index (κ2) is 18.1. The molecular formula is C43H50ClN10O5P. The molecule has 3 saturated heterocycles. The van der Waals surface area contributed by atoms with Crippen molar-refractivity contribution in [3.8, 4) is 5.75 Å². The Bertz CT molecular complexity index is 2280. The number of imide groups is 2. The van der Waals surface area contributed by atoms with E-state index in [2.05, 4.69) is 72.5 Å². The quantitative estimate of drug-likeness (QED) is 0.104. The number of nitrogens with zero attached hydrogens (tertiary/aromatic N) is 6. The summed E-state index contributed by atoms with van der Waals surface area (Å²) in [6.45, 7) is 11.6. The second-order valence-electron chi connectivity index (χ2n) is 15.6. The Labute approximate surface area is 355 Å². The molecule has 4 N–H and O–H groups in total. The Morgan fingerprint density at radius 1 is 0.867 bits per heavy atom. The van der Waals surface area contributed by atoms with Crippen LogP contribution >= 0.6 is 19.5 Å². The van der Waals surface area contributed by atoms with Crippen molar-refractivity contribution in [1.82, 2.24) is 30.0 Å². The van der Waals surface area contributed by atoms with E-state index in [1.165, 1.54) is 5.30 Å². The van der Waals surface area contributed by atoms with E-state index in [4.69, 9.17) is 21.3 Å². The zero-order valence-corrected chi connectivity index (χ0v) is 35.7. The fraction of sp³-hybridized carbons (Fsp3) is 0.395. The maximum Gasteiger partial charge on any atom is 0.264 e. The number of hydrogen-bond acceptors (Lipinski definition) is 13. The predicted octanol–water partition coefficient (Wildman–Crippen LogP) is 5.09. The van der Waals surface area contributed by atoms with Crippen molar-refractivity contribution in [2.75, 3.05) is 93.6 Å². The van der Waals surface area contributed by atoms with Crippen molar-refractivity contribution in [3.05, 3.63) is 83.0 Å². The number of hydrogen-bond donors (Lipinski definition) is 4. The molecule has 60 heavy (non-hydrogen) atoms. The number of piperidine rings is 2. The van der Waals surface area contributed by atoms with Gasteiger partial charge in [-0.2, -0.15) is 4.98 Å². The molecule has 3 aromatic carbocycles. The van der Waals surface area contributed by atoms with Gasteiger partial charge in [-0.15, -0.1) is 0 Å². The first kappa shape index (κ1) is 41.4. The number of ether oxygens (including phenoxy) is 1. The smallest absolute Gasteiger partial charge is 0.264 e. The zero-order chi connectivity index (χ0) is 41.9. The van der Waals surface area contributed by atoms with Crippen LogP contribution in [0.3, 0.4) is 0 Å². The van der Waals surface area contributed by atoms with Gasteiger partial charge in [0.25, 0.3) is 11.8 Å². The number of halogens is 1. The fourth-order valence-electron chi connectivity index (χ4n) is 8.56. The SMILES string of the molecule is COc1cc(N2CCC(N3CCN(CCNc4cccc5c4C(=O)N(C4CCC(=O)NC4=O)C5=O)CC3)CC2)ccc1Nc1ncc(Cl)c(Nc2ccccc2P(C)C)n1. The topological polar surface area (TPSA) is 164 Å². The number of rotatable bonds is 13. The van der Waals surface area contributed by atoms with Gasteiger partial charge in [0.15, 0.2) is 5.82 Å². The minimum atomic E-state index is -0.987. The Balaban J connectivity index is 0.803. The molecule has 0 spiro atoms. The maximum absolute atomic E-state index is 13.5. The number of para-hydroxylation sites is 1. The number of carbonyl (C=O) groups excluding carboxylic acids is 4. The molecule has 17 heteroatoms. The molecule has 4 amide bonds. The van der Waals surface area contributed by atoms with Crippen LogP contribution in [-0.4, -0.2) is 133 Å². The number of carbonyl (C=O) groups is 4. The summed E-state index contributed by atoms with van der Waals surface area (Å²) >= 11 is 6.52. The summed E-state index contributed by atoms with van der Waals surface area (Å²) < 4.78 is 5.83. The molecular weight excluding hydrogens is 803 g/mol. The number of anilines is 6. The molecule has 8 rings (SSSR count). The van der Waals surface area contributed by atoms with Crippen LogP contribution in [0.2, 0.25) is 5.02 Å². The van der Waals surface area contributed by atoms with E-state index in [0.717, 1.165) is 80.6 Å². The van der Waals surface area contributed by atoms with E-state index in [-0.39, 0.29) is 31.9 Å². The van der Waals surface area contributed by atoms with Crippen molar-refractivity contribution < 1.29 is 23.9 Å². The molecule has 314 valence electrons. The number of benzene rings is 3. The minimum absolute atomic E-state index is 0.0865. The van der Waals surface area contributed by atoms with Gasteiger partial charge in [-0.25, -0.2) is 4.98 Å². The van der Waals surface area contributed by atoms with Gasteiger partial charge < -0.3 is 25.6 Å². The third-order valence-corrected chi connectivity index (χ3v) is 13.4. The first-order chi connectivity index (χ1) is 29.1. The van der Waals surface area contributed by atoms with Gasteiger partial charge in [0, 0.05) is 87.9 Å². The van der Waals surface area contributed by atoms with E-state index < -0.39 is 29.7 Å². The Kier molecular flexibility index (Phi) is 12.5. The van der Waals surface area contributed by atoms with Crippen LogP contribution in [0.1, 0.15) is 46.4 Å². The first-order valence-electron chi connectivity index (χ1n) is 20.4. The number of piperazine rings is 1. The van der Waals surface area contributed by atoms with Gasteiger partial charge >= 0.3 is 0 Å². The van der Waals surface area contributed by atoms with Crippen LogP contribution < -0.4 is 36.2 Å². The normalized spacial score (nSPS) is 19.1. The van der Waals surface area contributed by atoms with Crippen LogP contribution in [0.5, 0.6) is 5.75 Å². The van der Waals surface area contributed by atoms with Crippen molar-refractivity contribution in [1.29, 1.82) is 0 Å². The van der Waals surface area contributed by atoms with Crippen LogP contribution in [0.25, 0.3) is 0 Å². The third kappa shape index (κ3) is 8.76. The van der Waals surface area contributed by atoms with Gasteiger partial charge in [0.05, 0.1) is 30.1 Å². The monoisotopic (exact) mass is 852 g/mol. The van der Waals surface area contributed by atoms with E-state index in [1.807, 2.05) is 24.3 Å². The van der Waals surface area contributed by atoms with Gasteiger partial charge in [0.2, 0.25) is 17.8 Å². The lowest BCUT2D eigenvalue weighted by molar-refractivity contribution is -0.136. The second-order valence-corrected chi connectivity index (χ2v) is 18.3. The highest BCUT2D eigenvalue weighted by atomic mass is 35.5. The molecule has 0 aliphatic carbocycles. The van der Waals surface area contributed by atoms with Crippen LogP contribution in [0, 0.1) is 0 Å². The van der Waals surface area contributed by atoms with Crippen molar-refractivity contribution in [2.24, 2.45) is 0 Å². The van der Waals surface area contributed by atoms with E-state index in [0.29, 0.717) is 40.8 Å². The lowest BCUT2D eigenvalue weighted by Crippen LogP contribution is -2.54. The fourth-order valence-corrected chi connectivity index (χ4v) is 9.70. The van der Waals surface area contributed by atoms with Gasteiger partial charge in [-0.05, 0) is 68.2 Å². The molecule has 4 aliphatic heterocycles. The summed E-state index contributed by atoms with van der Waals surface area (Å²) in [6, 6.07) is 19.1. The van der Waals surface area contributed by atoms with E-state index in [1.54, 1.807) is 31.5 Å². The Hall–Kier alpha value is -5.34. The molecule has 1 unspecified atom stereocenters. The minimum Gasteiger partial charge on any atom is -0.494 e. The van der Waals surface area contributed by atoms with Crippen LogP contribution in [-0.2, 0) is 9.59 Å². The number of aromatic nitrogens is 2. The number of fused-ring (bicyclic) bond motifs is 1. The van der Waals surface area contributed by atoms with E-state index in [9.17, 15) is 19.2 Å². The average Bonchev–Trinajstić information content (AvgIpc) is 3.51. The number of methoxy groups -OCH3 is 1. The molecule has 0 bridgehead atoms. The summed E-state index contributed by atoms with van der Waals surface area (Å²) in [6.07, 6.45) is 3.95. The molecule has 5 heterocycles. The summed E-state index contributed by atoms with van der Waals surface area (Å²) in [7, 11) is 1.34. The first-order valence-corrected chi connectivity index (χ1v) is 23.0. The molecule has 15 nitrogen and oxygen atoms in total. The Morgan fingerprint density at radius 2 is 1.63 bits per heavy atom. The molecule has 1 atom stereocenters. The molecule has 0 saturated carbocycles. The number of nitrogens with one attached hydrogen (secondary N) is 4. The predicted molar refractivity (Wildman–Crippen MR) is 236 cm³/mol. The van der Waals surface area contributed by atoms with Gasteiger partial charge in [0.1, 0.15) is 16.8 Å². The van der Waals surface area contributed by atoms with Crippen molar-refractivity contribution >= 4 is 83.0 Å². The van der Waals surface area contributed by atoms with Crippen LogP contribution in [0.15, 0.2) is 66.9 Å². The molecule has 4 aliphatic rings. The lowest BCUT2D eigenvalue weighted by atomic mass is 10.0. The largest absolute Gasteiger partial charge is 0.494 e. The van der Waals surface area contributed by atoms with E-state index >= 15 is 0 Å². The molecule has 0 radical (unpaired) electrons. The lowest BCUT2D eigenvalue weighted by Gasteiger charge is -2.43. The zero-order valence-electron chi connectivity index (χ0n) is 34.0. The highest BCUT2D eigenvalue weighted by molar-refractivity contribution is 7.64. The summed E-state index contributed by atoms with van der Waals surface area (Å²) in [4.78, 5) is 68.4. The summed E-state index contributed by atoms with van der Waals surface area (Å²) in [5.41, 5.74) is 3.99. The molecule has 3 fully saturated rings. The molecule has 4 aromatic rings. The van der Waals surface area contributed by atoms with Gasteiger partial charge in [-0.1, -0.05) is 43.8 Å². The third-order valence-electron chi connectivity index (χ3n) is 11.8. The summed E-state index contributed by atoms with van der Waals surface area (Å²) in [5, 5.41) is 14.0. The maximum atomic E-state index is 13.5. The standard InChI is InChI=1S/C43H50ClN10O5P/c1-59-35-25-28(11-12-31(35)48-43-46-26-30(44)39(50-43)47-32-8-4-5-10-36(32)60(2)3)52-18-15-27(16-19-52)53-23-21-51(22-24-53)20-17-45-33-9-6-7-29-38(33)42(58)54(41(29)57)34-13-14-37(55)49-40(34)56/h4-12,25-27,34,45H,13-24H2,1-3H3,(H,49,55,56)(H2,46,47,48,50). The Morgan fingerprint density at radius 3 is 2.38 bits per heavy atom. The van der Waals surface area contributed by atoms with Gasteiger partial charge in [-0.3, -0.25) is 39.2 Å². The average molecular weight is 853 g/mol. The number of amides is 4. The molecule has 1 aromatic heterocycles. The highest BCUT2D eigenvalue weighted by Gasteiger charge is 2.45. The highest BCUT2D eigenvalue weighted by Crippen LogP contribution is 2.36. The summed E-state index contributed by atoms with van der Waals surface area (Å²) in [5.74, 6) is -0.372. The van der Waals surface area contributed by atoms with Crippen molar-refractivity contribution in [3.63, 3.8) is 0 Å². The van der Waals surface area contributed by atoms with Crippen molar-refractivity contribution in [2.45, 2.75) is 37.8 Å².